The van der Waals surface area contributed by atoms with Crippen molar-refractivity contribution >= 4 is 12.0 Å². The van der Waals surface area contributed by atoms with Crippen molar-refractivity contribution in [2.24, 2.45) is 0 Å². The van der Waals surface area contributed by atoms with Crippen LogP contribution in [-0.4, -0.2) is 27.2 Å². The summed E-state index contributed by atoms with van der Waals surface area (Å²) in [5.74, 6) is 1.82. The molecule has 0 spiro atoms. The van der Waals surface area contributed by atoms with Gasteiger partial charge in [0.2, 0.25) is 5.91 Å². The molecule has 126 valence electrons. The molecule has 0 fully saturated rings. The molecule has 0 bridgehead atoms. The number of ether oxygens (including phenoxy) is 3. The van der Waals surface area contributed by atoms with Crippen LogP contribution in [0.5, 0.6) is 17.2 Å². The number of hydrogen-bond donors (Lipinski definition) is 1. The summed E-state index contributed by atoms with van der Waals surface area (Å²) in [4.78, 5) is 12.0. The highest BCUT2D eigenvalue weighted by atomic mass is 16.5. The summed E-state index contributed by atoms with van der Waals surface area (Å²) in [6.45, 7) is 0.447. The lowest BCUT2D eigenvalue weighted by atomic mass is 10.1. The summed E-state index contributed by atoms with van der Waals surface area (Å²) in [5.41, 5.74) is 1.77. The fraction of sp³-hybridized carbons (Fsp3) is 0.211. The van der Waals surface area contributed by atoms with Crippen molar-refractivity contribution in [3.8, 4) is 17.2 Å². The molecule has 2 aromatic carbocycles. The Kier molecular flexibility index (Phi) is 6.25. The van der Waals surface area contributed by atoms with E-state index in [2.05, 4.69) is 5.32 Å². The quantitative estimate of drug-likeness (QED) is 0.794. The zero-order valence-electron chi connectivity index (χ0n) is 14.0. The van der Waals surface area contributed by atoms with Crippen LogP contribution in [0, 0.1) is 0 Å². The molecule has 1 amide bonds. The Bertz CT molecular complexity index is 708. The van der Waals surface area contributed by atoms with Crippen LogP contribution < -0.4 is 19.5 Å². The van der Waals surface area contributed by atoms with Gasteiger partial charge < -0.3 is 19.5 Å². The monoisotopic (exact) mass is 327 g/mol. The highest BCUT2D eigenvalue weighted by Crippen LogP contribution is 2.31. The number of carbonyl (C=O) groups is 1. The van der Waals surface area contributed by atoms with Gasteiger partial charge in [0.05, 0.1) is 21.3 Å². The summed E-state index contributed by atoms with van der Waals surface area (Å²) in [6.07, 6.45) is 3.17. The summed E-state index contributed by atoms with van der Waals surface area (Å²) in [7, 11) is 4.76. The van der Waals surface area contributed by atoms with E-state index in [0.717, 1.165) is 16.9 Å². The molecule has 2 aromatic rings. The average molecular weight is 327 g/mol. The Balaban J connectivity index is 1.97. The summed E-state index contributed by atoms with van der Waals surface area (Å²) < 4.78 is 15.7. The largest absolute Gasteiger partial charge is 0.497 e. The van der Waals surface area contributed by atoms with Gasteiger partial charge >= 0.3 is 0 Å². The Morgan fingerprint density at radius 2 is 1.75 bits per heavy atom. The molecule has 0 unspecified atom stereocenters. The molecule has 0 aliphatic heterocycles. The van der Waals surface area contributed by atoms with E-state index < -0.39 is 0 Å². The second kappa shape index (κ2) is 8.62. The third kappa shape index (κ3) is 4.52. The van der Waals surface area contributed by atoms with E-state index in [1.807, 2.05) is 36.4 Å². The lowest BCUT2D eigenvalue weighted by molar-refractivity contribution is -0.116. The number of para-hydroxylation sites is 1. The van der Waals surface area contributed by atoms with Crippen molar-refractivity contribution in [3.63, 3.8) is 0 Å². The summed E-state index contributed by atoms with van der Waals surface area (Å²) >= 11 is 0. The van der Waals surface area contributed by atoms with E-state index in [1.54, 1.807) is 33.5 Å². The van der Waals surface area contributed by atoms with E-state index in [1.165, 1.54) is 6.08 Å². The molecule has 0 saturated carbocycles. The van der Waals surface area contributed by atoms with Gasteiger partial charge in [0, 0.05) is 18.2 Å². The average Bonchev–Trinajstić information content (AvgIpc) is 2.64. The van der Waals surface area contributed by atoms with Gasteiger partial charge in [-0.15, -0.1) is 0 Å². The molecule has 0 radical (unpaired) electrons. The van der Waals surface area contributed by atoms with Crippen LogP contribution in [0.25, 0.3) is 6.08 Å². The smallest absolute Gasteiger partial charge is 0.244 e. The van der Waals surface area contributed by atoms with Crippen LogP contribution in [0.1, 0.15) is 11.1 Å². The van der Waals surface area contributed by atoms with Crippen molar-refractivity contribution in [2.75, 3.05) is 21.3 Å². The van der Waals surface area contributed by atoms with Crippen LogP contribution in [0.4, 0.5) is 0 Å². The molecule has 0 heterocycles. The molecular weight excluding hydrogens is 306 g/mol. The van der Waals surface area contributed by atoms with E-state index in [-0.39, 0.29) is 5.91 Å². The highest BCUT2D eigenvalue weighted by Gasteiger charge is 2.07. The molecule has 0 aromatic heterocycles. The fourth-order valence-corrected chi connectivity index (χ4v) is 2.20. The minimum absolute atomic E-state index is 0.185. The lowest BCUT2D eigenvalue weighted by Gasteiger charge is -2.09. The Morgan fingerprint density at radius 1 is 1.00 bits per heavy atom. The molecule has 1 N–H and O–H groups in total. The first-order valence-corrected chi connectivity index (χ1v) is 7.47. The van der Waals surface area contributed by atoms with Crippen molar-refractivity contribution in [1.29, 1.82) is 0 Å². The zero-order valence-corrected chi connectivity index (χ0v) is 14.0. The third-order valence-corrected chi connectivity index (χ3v) is 3.47. The predicted octanol–water partition coefficient (Wildman–Crippen LogP) is 3.04. The van der Waals surface area contributed by atoms with Gasteiger partial charge in [-0.2, -0.15) is 0 Å². The molecule has 0 aliphatic rings. The Morgan fingerprint density at radius 3 is 2.38 bits per heavy atom. The minimum atomic E-state index is -0.185. The van der Waals surface area contributed by atoms with Crippen molar-refractivity contribution in [3.05, 3.63) is 59.7 Å². The van der Waals surface area contributed by atoms with Gasteiger partial charge in [0.1, 0.15) is 5.75 Å². The first kappa shape index (κ1) is 17.4. The van der Waals surface area contributed by atoms with Gasteiger partial charge in [-0.3, -0.25) is 4.79 Å². The number of benzene rings is 2. The van der Waals surface area contributed by atoms with Crippen LogP contribution in [-0.2, 0) is 11.3 Å². The maximum Gasteiger partial charge on any atom is 0.244 e. The third-order valence-electron chi connectivity index (χ3n) is 3.47. The maximum absolute atomic E-state index is 12.0. The number of hydrogen-bond acceptors (Lipinski definition) is 4. The van der Waals surface area contributed by atoms with Crippen molar-refractivity contribution in [1.82, 2.24) is 5.32 Å². The van der Waals surface area contributed by atoms with Crippen LogP contribution in [0.3, 0.4) is 0 Å². The number of rotatable bonds is 7. The standard InChI is InChI=1S/C19H21NO4/c1-22-16-10-7-14(8-11-16)13-20-18(21)12-9-15-5-4-6-17(23-2)19(15)24-3/h4-12H,13H2,1-3H3,(H,20,21)/b12-9+. The van der Waals surface area contributed by atoms with Gasteiger partial charge in [-0.05, 0) is 29.8 Å². The fourth-order valence-electron chi connectivity index (χ4n) is 2.20. The number of amides is 1. The van der Waals surface area contributed by atoms with Gasteiger partial charge in [0.15, 0.2) is 11.5 Å². The van der Waals surface area contributed by atoms with E-state index in [4.69, 9.17) is 14.2 Å². The van der Waals surface area contributed by atoms with Crippen LogP contribution in [0.2, 0.25) is 0 Å². The van der Waals surface area contributed by atoms with E-state index >= 15 is 0 Å². The number of nitrogens with one attached hydrogen (secondary N) is 1. The summed E-state index contributed by atoms with van der Waals surface area (Å²) in [6, 6.07) is 13.0. The topological polar surface area (TPSA) is 56.8 Å². The lowest BCUT2D eigenvalue weighted by Crippen LogP contribution is -2.20. The van der Waals surface area contributed by atoms with Gasteiger partial charge in [-0.25, -0.2) is 0 Å². The second-order valence-electron chi connectivity index (χ2n) is 4.98. The highest BCUT2D eigenvalue weighted by molar-refractivity contribution is 5.92. The van der Waals surface area contributed by atoms with Gasteiger partial charge in [0.25, 0.3) is 0 Å². The molecule has 24 heavy (non-hydrogen) atoms. The van der Waals surface area contributed by atoms with E-state index in [0.29, 0.717) is 18.0 Å². The predicted molar refractivity (Wildman–Crippen MR) is 93.4 cm³/mol. The maximum atomic E-state index is 12.0. The first-order valence-electron chi connectivity index (χ1n) is 7.47. The Labute approximate surface area is 141 Å². The van der Waals surface area contributed by atoms with Crippen LogP contribution >= 0.6 is 0 Å². The number of carbonyl (C=O) groups excluding carboxylic acids is 1. The number of methoxy groups -OCH3 is 3. The van der Waals surface area contributed by atoms with Crippen LogP contribution in [0.15, 0.2) is 48.5 Å². The first-order chi connectivity index (χ1) is 11.7. The molecular formula is C19H21NO4. The molecule has 5 nitrogen and oxygen atoms in total. The molecule has 0 aliphatic carbocycles. The second-order valence-corrected chi connectivity index (χ2v) is 4.98. The minimum Gasteiger partial charge on any atom is -0.497 e. The van der Waals surface area contributed by atoms with Gasteiger partial charge in [-0.1, -0.05) is 24.3 Å². The summed E-state index contributed by atoms with van der Waals surface area (Å²) in [5, 5.41) is 2.83. The van der Waals surface area contributed by atoms with E-state index in [9.17, 15) is 4.79 Å². The molecule has 5 heteroatoms. The molecule has 0 saturated heterocycles. The normalized spacial score (nSPS) is 10.5. The Hall–Kier alpha value is -2.95. The van der Waals surface area contributed by atoms with Crippen molar-refractivity contribution in [2.45, 2.75) is 6.54 Å². The van der Waals surface area contributed by atoms with Crippen molar-refractivity contribution < 1.29 is 19.0 Å². The zero-order chi connectivity index (χ0) is 17.4. The molecule has 2 rings (SSSR count). The SMILES string of the molecule is COc1ccc(CNC(=O)/C=C/c2cccc(OC)c2OC)cc1. The molecule has 0 atom stereocenters.